The van der Waals surface area contributed by atoms with Gasteiger partial charge in [-0.1, -0.05) is 26.2 Å². The minimum absolute atomic E-state index is 0.0544. The Morgan fingerprint density at radius 2 is 1.95 bits per heavy atom. The fourth-order valence-corrected chi connectivity index (χ4v) is 5.65. The van der Waals surface area contributed by atoms with Gasteiger partial charge in [-0.2, -0.15) is 12.6 Å². The quantitative estimate of drug-likeness (QED) is 0.603. The van der Waals surface area contributed by atoms with Crippen molar-refractivity contribution < 1.29 is 19.4 Å². The fourth-order valence-electron chi connectivity index (χ4n) is 3.48. The zero-order valence-electron chi connectivity index (χ0n) is 13.4. The number of carbonyl (C=O) groups is 2. The molecule has 1 saturated heterocycles. The van der Waals surface area contributed by atoms with Crippen LogP contribution in [-0.2, 0) is 9.53 Å². The molecule has 1 heterocycles. The summed E-state index contributed by atoms with van der Waals surface area (Å²) in [6.07, 6.45) is 2.99. The number of rotatable bonds is 3. The molecule has 5 nitrogen and oxygen atoms in total. The van der Waals surface area contributed by atoms with Gasteiger partial charge in [0, 0.05) is 11.7 Å². The summed E-state index contributed by atoms with van der Waals surface area (Å²) < 4.78 is 4.70. The van der Waals surface area contributed by atoms with E-state index in [1.54, 1.807) is 16.7 Å². The Balaban J connectivity index is 2.40. The van der Waals surface area contributed by atoms with Crippen molar-refractivity contribution in [3.8, 4) is 0 Å². The van der Waals surface area contributed by atoms with Gasteiger partial charge in [0.15, 0.2) is 6.23 Å². The molecular weight excluding hydrogens is 322 g/mol. The third-order valence-electron chi connectivity index (χ3n) is 4.50. The summed E-state index contributed by atoms with van der Waals surface area (Å²) in [5, 5.41) is 9.10. The van der Waals surface area contributed by atoms with E-state index in [0.717, 1.165) is 32.1 Å². The second-order valence-electron chi connectivity index (χ2n) is 6.74. The second kappa shape index (κ2) is 6.51. The van der Waals surface area contributed by atoms with E-state index < -0.39 is 17.1 Å². The first-order valence-electron chi connectivity index (χ1n) is 7.77. The third kappa shape index (κ3) is 3.20. The second-order valence-corrected chi connectivity index (χ2v) is 9.12. The number of amides is 1. The minimum atomic E-state index is -1.33. The van der Waals surface area contributed by atoms with Gasteiger partial charge >= 0.3 is 6.16 Å². The van der Waals surface area contributed by atoms with Crippen LogP contribution >= 0.6 is 24.4 Å². The average Bonchev–Trinajstić information content (AvgIpc) is 2.64. The molecule has 0 aromatic carbocycles. The lowest BCUT2D eigenvalue weighted by Gasteiger charge is -2.42. The van der Waals surface area contributed by atoms with Crippen LogP contribution in [0.2, 0.25) is 0 Å². The predicted octanol–water partition coefficient (Wildman–Crippen LogP) is 3.59. The van der Waals surface area contributed by atoms with Crippen molar-refractivity contribution in [1.82, 2.24) is 4.90 Å². The summed E-state index contributed by atoms with van der Waals surface area (Å²) in [4.78, 5) is 25.4. The van der Waals surface area contributed by atoms with E-state index in [1.165, 1.54) is 0 Å². The number of hydrogen-bond donors (Lipinski definition) is 2. The van der Waals surface area contributed by atoms with E-state index >= 15 is 0 Å². The lowest BCUT2D eigenvalue weighted by Crippen LogP contribution is -2.55. The Kier molecular flexibility index (Phi) is 5.27. The first-order valence-corrected chi connectivity index (χ1v) is 9.22. The van der Waals surface area contributed by atoms with E-state index in [1.807, 2.05) is 20.8 Å². The van der Waals surface area contributed by atoms with Crippen LogP contribution in [0.3, 0.4) is 0 Å². The summed E-state index contributed by atoms with van der Waals surface area (Å²) in [7, 11) is 0. The van der Waals surface area contributed by atoms with Crippen molar-refractivity contribution in [2.45, 2.75) is 68.7 Å². The highest BCUT2D eigenvalue weighted by Crippen LogP contribution is 2.57. The Hall–Kier alpha value is -0.560. The molecule has 1 amide bonds. The zero-order valence-corrected chi connectivity index (χ0v) is 15.1. The zero-order chi connectivity index (χ0) is 16.5. The van der Waals surface area contributed by atoms with Crippen molar-refractivity contribution in [2.75, 3.05) is 5.75 Å². The lowest BCUT2D eigenvalue weighted by atomic mass is 9.91. The normalized spacial score (nSPS) is 27.6. The van der Waals surface area contributed by atoms with Crippen LogP contribution in [0.4, 0.5) is 4.79 Å². The largest absolute Gasteiger partial charge is 0.507 e. The first kappa shape index (κ1) is 17.8. The van der Waals surface area contributed by atoms with E-state index in [-0.39, 0.29) is 16.7 Å². The van der Waals surface area contributed by atoms with Gasteiger partial charge in [-0.15, -0.1) is 11.8 Å². The molecule has 2 fully saturated rings. The molecule has 2 rings (SSSR count). The maximum Gasteiger partial charge on any atom is 0.507 e. The number of hydrogen-bond acceptors (Lipinski definition) is 5. The van der Waals surface area contributed by atoms with Crippen LogP contribution in [0.25, 0.3) is 0 Å². The van der Waals surface area contributed by atoms with E-state index in [2.05, 4.69) is 12.6 Å². The highest BCUT2D eigenvalue weighted by molar-refractivity contribution is 8.02. The van der Waals surface area contributed by atoms with Gasteiger partial charge in [-0.3, -0.25) is 9.69 Å². The van der Waals surface area contributed by atoms with Crippen LogP contribution in [-0.4, -0.2) is 43.7 Å². The van der Waals surface area contributed by atoms with E-state index in [9.17, 15) is 9.59 Å². The summed E-state index contributed by atoms with van der Waals surface area (Å²) in [5.41, 5.74) is 0. The molecule has 126 valence electrons. The maximum absolute atomic E-state index is 12.9. The van der Waals surface area contributed by atoms with Crippen molar-refractivity contribution in [3.05, 3.63) is 0 Å². The minimum Gasteiger partial charge on any atom is -0.450 e. The van der Waals surface area contributed by atoms with Gasteiger partial charge in [-0.25, -0.2) is 4.79 Å². The Labute approximate surface area is 141 Å². The van der Waals surface area contributed by atoms with Gasteiger partial charge in [0.1, 0.15) is 0 Å². The molecule has 1 saturated carbocycles. The third-order valence-corrected chi connectivity index (χ3v) is 6.76. The molecule has 0 bridgehead atoms. The summed E-state index contributed by atoms with van der Waals surface area (Å²) in [6, 6.07) is 0. The molecule has 1 aliphatic heterocycles. The number of carboxylic acid groups (broad SMARTS) is 1. The molecule has 2 atom stereocenters. The van der Waals surface area contributed by atoms with Crippen molar-refractivity contribution in [2.24, 2.45) is 5.92 Å². The number of thiol groups is 1. The molecule has 22 heavy (non-hydrogen) atoms. The monoisotopic (exact) mass is 347 g/mol. The number of nitrogens with zero attached hydrogens (tertiary/aromatic N) is 1. The number of thioether (sulfide) groups is 1. The van der Waals surface area contributed by atoms with Gasteiger partial charge in [0.05, 0.1) is 9.62 Å². The Morgan fingerprint density at radius 1 is 1.36 bits per heavy atom. The van der Waals surface area contributed by atoms with Crippen LogP contribution < -0.4 is 0 Å². The number of ether oxygens (including phenoxy) is 1. The summed E-state index contributed by atoms with van der Waals surface area (Å²) in [5.74, 6) is 0.133. The van der Waals surface area contributed by atoms with Crippen molar-refractivity contribution in [1.29, 1.82) is 0 Å². The van der Waals surface area contributed by atoms with E-state index in [0.29, 0.717) is 5.75 Å². The molecule has 1 spiro atoms. The van der Waals surface area contributed by atoms with Gasteiger partial charge in [0.2, 0.25) is 5.91 Å². The molecule has 0 aromatic rings. The molecule has 0 unspecified atom stereocenters. The van der Waals surface area contributed by atoms with E-state index in [4.69, 9.17) is 9.84 Å². The SMILES string of the molecule is C[C@H](CS)C(=O)N1[C@H](OC(=O)O)C(C)(C)SC12CCCCC2. The topological polar surface area (TPSA) is 66.8 Å². The summed E-state index contributed by atoms with van der Waals surface area (Å²) in [6.45, 7) is 5.75. The maximum atomic E-state index is 12.9. The fraction of sp³-hybridized carbons (Fsp3) is 0.867. The molecule has 2 aliphatic rings. The smallest absolute Gasteiger partial charge is 0.450 e. The van der Waals surface area contributed by atoms with Gasteiger partial charge < -0.3 is 9.84 Å². The standard InChI is InChI=1S/C15H25NO4S2/c1-10(9-21)11(17)16-12(20-13(18)19)14(2,3)22-15(16)7-5-4-6-8-15/h10,12,21H,4-9H2,1-3H3,(H,18,19)/t10-,12-/m1/s1. The van der Waals surface area contributed by atoms with Crippen LogP contribution in [0.15, 0.2) is 0 Å². The Morgan fingerprint density at radius 3 is 2.45 bits per heavy atom. The molecule has 0 radical (unpaired) electrons. The molecular formula is C15H25NO4S2. The Bertz CT molecular complexity index is 449. The van der Waals surface area contributed by atoms with Gasteiger partial charge in [-0.05, 0) is 26.7 Å². The van der Waals surface area contributed by atoms with Crippen molar-refractivity contribution in [3.63, 3.8) is 0 Å². The molecule has 1 aliphatic carbocycles. The van der Waals surface area contributed by atoms with Gasteiger partial charge in [0.25, 0.3) is 0 Å². The highest BCUT2D eigenvalue weighted by atomic mass is 32.2. The highest BCUT2D eigenvalue weighted by Gasteiger charge is 2.60. The molecule has 1 N–H and O–H groups in total. The van der Waals surface area contributed by atoms with Crippen LogP contribution in [0.1, 0.15) is 52.9 Å². The first-order chi connectivity index (χ1) is 10.2. The van der Waals surface area contributed by atoms with Crippen LogP contribution in [0, 0.1) is 5.92 Å². The van der Waals surface area contributed by atoms with Crippen LogP contribution in [0.5, 0.6) is 0 Å². The molecule has 0 aromatic heterocycles. The average molecular weight is 348 g/mol. The molecule has 7 heteroatoms. The lowest BCUT2D eigenvalue weighted by molar-refractivity contribution is -0.153. The van der Waals surface area contributed by atoms with Crippen molar-refractivity contribution >= 4 is 36.5 Å². The number of carbonyl (C=O) groups excluding carboxylic acids is 1. The predicted molar refractivity (Wildman–Crippen MR) is 90.2 cm³/mol. The summed E-state index contributed by atoms with van der Waals surface area (Å²) >= 11 is 5.93.